The van der Waals surface area contributed by atoms with E-state index in [2.05, 4.69) is 27.0 Å². The van der Waals surface area contributed by atoms with Crippen molar-refractivity contribution in [2.24, 2.45) is 0 Å². The summed E-state index contributed by atoms with van der Waals surface area (Å²) in [4.78, 5) is 14.6. The molecule has 1 N–H and O–H groups in total. The van der Waals surface area contributed by atoms with Crippen molar-refractivity contribution in [2.45, 2.75) is 23.9 Å². The summed E-state index contributed by atoms with van der Waals surface area (Å²) >= 11 is 1.36. The molecule has 3 rings (SSSR count). The van der Waals surface area contributed by atoms with Crippen LogP contribution < -0.4 is 5.32 Å². The van der Waals surface area contributed by atoms with E-state index in [1.165, 1.54) is 23.9 Å². The third kappa shape index (κ3) is 5.88. The van der Waals surface area contributed by atoms with Crippen LogP contribution in [0.4, 0.5) is 4.39 Å². The van der Waals surface area contributed by atoms with Gasteiger partial charge in [0.25, 0.3) is 0 Å². The van der Waals surface area contributed by atoms with E-state index >= 15 is 0 Å². The minimum atomic E-state index is -0.331. The molecule has 1 fully saturated rings. The van der Waals surface area contributed by atoms with Gasteiger partial charge < -0.3 is 14.6 Å². The molecule has 156 valence electrons. The Morgan fingerprint density at radius 2 is 2.03 bits per heavy atom. The molecular weight excluding hydrogens is 393 g/mol. The summed E-state index contributed by atoms with van der Waals surface area (Å²) in [5, 5.41) is 11.8. The summed E-state index contributed by atoms with van der Waals surface area (Å²) in [6.07, 6.45) is 1.65. The van der Waals surface area contributed by atoms with Gasteiger partial charge in [0.15, 0.2) is 11.0 Å². The summed E-state index contributed by atoms with van der Waals surface area (Å²) in [5.74, 6) is 0.288. The number of hydrogen-bond acceptors (Lipinski definition) is 6. The predicted octanol–water partition coefficient (Wildman–Crippen LogP) is 2.20. The number of hydrogen-bond donors (Lipinski definition) is 1. The Hall–Kier alpha value is -2.23. The second-order valence-electron chi connectivity index (χ2n) is 6.71. The van der Waals surface area contributed by atoms with Gasteiger partial charge in [0, 0.05) is 38.3 Å². The third-order valence-corrected chi connectivity index (χ3v) is 5.72. The van der Waals surface area contributed by atoms with E-state index in [1.54, 1.807) is 18.2 Å². The summed E-state index contributed by atoms with van der Waals surface area (Å²) < 4.78 is 20.8. The smallest absolute Gasteiger partial charge is 0.233 e. The zero-order valence-corrected chi connectivity index (χ0v) is 17.3. The van der Waals surface area contributed by atoms with Gasteiger partial charge in [-0.15, -0.1) is 16.8 Å². The number of rotatable bonds is 9. The first-order valence-corrected chi connectivity index (χ1v) is 10.5. The van der Waals surface area contributed by atoms with Gasteiger partial charge in [0.2, 0.25) is 5.91 Å². The Morgan fingerprint density at radius 1 is 1.31 bits per heavy atom. The Labute approximate surface area is 174 Å². The number of ether oxygens (including phenoxy) is 1. The molecule has 1 atom stereocenters. The third-order valence-electron chi connectivity index (χ3n) is 4.63. The number of thioether (sulfide) groups is 1. The molecule has 0 spiro atoms. The Kier molecular flexibility index (Phi) is 7.79. The van der Waals surface area contributed by atoms with Crippen molar-refractivity contribution in [2.75, 3.05) is 39.4 Å². The molecule has 0 aliphatic carbocycles. The maximum Gasteiger partial charge on any atom is 0.233 e. The summed E-state index contributed by atoms with van der Waals surface area (Å²) in [6.45, 7) is 10.6. The van der Waals surface area contributed by atoms with Crippen LogP contribution in [0, 0.1) is 5.82 Å². The lowest BCUT2D eigenvalue weighted by molar-refractivity contribution is -0.120. The topological polar surface area (TPSA) is 72.3 Å². The molecule has 7 nitrogen and oxygen atoms in total. The van der Waals surface area contributed by atoms with Crippen molar-refractivity contribution in [1.82, 2.24) is 25.0 Å². The molecule has 1 aliphatic heterocycles. The highest BCUT2D eigenvalue weighted by Gasteiger charge is 2.21. The van der Waals surface area contributed by atoms with Crippen molar-refractivity contribution in [3.05, 3.63) is 42.7 Å². The molecule has 1 amide bonds. The molecule has 1 aliphatic rings. The number of aromatic nitrogens is 3. The fourth-order valence-electron chi connectivity index (χ4n) is 2.98. The van der Waals surface area contributed by atoms with Crippen LogP contribution >= 0.6 is 11.8 Å². The van der Waals surface area contributed by atoms with Crippen molar-refractivity contribution in [3.8, 4) is 11.4 Å². The zero-order valence-electron chi connectivity index (χ0n) is 16.5. The number of benzene rings is 1. The average molecular weight is 420 g/mol. The lowest BCUT2D eigenvalue weighted by Gasteiger charge is -2.27. The van der Waals surface area contributed by atoms with Gasteiger partial charge in [0.1, 0.15) is 5.82 Å². The summed E-state index contributed by atoms with van der Waals surface area (Å²) in [7, 11) is 0. The van der Waals surface area contributed by atoms with Crippen molar-refractivity contribution >= 4 is 17.7 Å². The van der Waals surface area contributed by atoms with Crippen LogP contribution in [0.25, 0.3) is 11.4 Å². The van der Waals surface area contributed by atoms with Gasteiger partial charge in [-0.1, -0.05) is 17.8 Å². The number of nitrogens with one attached hydrogen (secondary N) is 1. The van der Waals surface area contributed by atoms with Crippen LogP contribution in [0.5, 0.6) is 0 Å². The first-order chi connectivity index (χ1) is 14.1. The fourth-order valence-corrected chi connectivity index (χ4v) is 3.88. The maximum atomic E-state index is 13.3. The second kappa shape index (κ2) is 10.5. The Bertz CT molecular complexity index is 821. The van der Waals surface area contributed by atoms with Gasteiger partial charge in [-0.3, -0.25) is 9.69 Å². The van der Waals surface area contributed by atoms with Crippen LogP contribution in [0.15, 0.2) is 42.1 Å². The Balaban J connectivity index is 1.79. The minimum Gasteiger partial charge on any atom is -0.379 e. The van der Waals surface area contributed by atoms with Gasteiger partial charge in [0.05, 0.1) is 18.5 Å². The van der Waals surface area contributed by atoms with Gasteiger partial charge in [-0.25, -0.2) is 4.39 Å². The minimum absolute atomic E-state index is 0.0824. The molecule has 1 aromatic carbocycles. The highest BCUT2D eigenvalue weighted by molar-refractivity contribution is 8.00. The summed E-state index contributed by atoms with van der Waals surface area (Å²) in [5.41, 5.74) is 0.788. The number of morpholine rings is 1. The van der Waals surface area contributed by atoms with E-state index in [-0.39, 0.29) is 17.0 Å². The largest absolute Gasteiger partial charge is 0.379 e. The Morgan fingerprint density at radius 3 is 2.72 bits per heavy atom. The number of nitrogens with zero attached hydrogens (tertiary/aromatic N) is 4. The quantitative estimate of drug-likeness (QED) is 0.496. The lowest BCUT2D eigenvalue weighted by atomic mass is 10.2. The molecule has 9 heteroatoms. The molecule has 2 heterocycles. The van der Waals surface area contributed by atoms with E-state index in [0.717, 1.165) is 38.4 Å². The molecule has 1 saturated heterocycles. The average Bonchev–Trinajstić information content (AvgIpc) is 3.14. The SMILES string of the molecule is C=CCNC(=O)[C@@H](C)Sc1nnc(-c2ccc(F)cc2)n1CCN1CCOCC1. The predicted molar refractivity (Wildman–Crippen MR) is 111 cm³/mol. The lowest BCUT2D eigenvalue weighted by Crippen LogP contribution is -2.38. The normalized spacial score (nSPS) is 15.8. The molecular formula is C20H26FN5O2S. The van der Waals surface area contributed by atoms with E-state index in [1.807, 2.05) is 11.5 Å². The van der Waals surface area contributed by atoms with E-state index in [9.17, 15) is 9.18 Å². The number of carbonyl (C=O) groups excluding carboxylic acids is 1. The highest BCUT2D eigenvalue weighted by Crippen LogP contribution is 2.27. The number of carbonyl (C=O) groups is 1. The highest BCUT2D eigenvalue weighted by atomic mass is 32.2. The molecule has 1 aromatic heterocycles. The van der Waals surface area contributed by atoms with Crippen molar-refractivity contribution < 1.29 is 13.9 Å². The fraction of sp³-hybridized carbons (Fsp3) is 0.450. The number of amides is 1. The monoisotopic (exact) mass is 419 g/mol. The second-order valence-corrected chi connectivity index (χ2v) is 8.02. The standard InChI is InChI=1S/C20H26FN5O2S/c1-3-8-22-19(27)15(2)29-20-24-23-18(16-4-6-17(21)7-5-16)26(20)10-9-25-11-13-28-14-12-25/h3-7,15H,1,8-14H2,2H3,(H,22,27)/t15-/m1/s1. The molecule has 2 aromatic rings. The van der Waals surface area contributed by atoms with Gasteiger partial charge in [-0.05, 0) is 31.2 Å². The van der Waals surface area contributed by atoms with Gasteiger partial charge >= 0.3 is 0 Å². The molecule has 0 bridgehead atoms. The van der Waals surface area contributed by atoms with Crippen LogP contribution in [0.2, 0.25) is 0 Å². The van der Waals surface area contributed by atoms with Crippen LogP contribution in [0.1, 0.15) is 6.92 Å². The maximum absolute atomic E-state index is 13.3. The molecule has 0 unspecified atom stereocenters. The first kappa shape index (κ1) is 21.5. The first-order valence-electron chi connectivity index (χ1n) is 9.63. The van der Waals surface area contributed by atoms with E-state index in [4.69, 9.17) is 4.74 Å². The summed E-state index contributed by atoms with van der Waals surface area (Å²) in [6, 6.07) is 6.21. The van der Waals surface area contributed by atoms with Gasteiger partial charge in [-0.2, -0.15) is 0 Å². The zero-order chi connectivity index (χ0) is 20.6. The molecule has 0 radical (unpaired) electrons. The van der Waals surface area contributed by atoms with E-state index < -0.39 is 0 Å². The van der Waals surface area contributed by atoms with Crippen LogP contribution in [-0.4, -0.2) is 70.2 Å². The van der Waals surface area contributed by atoms with Crippen molar-refractivity contribution in [3.63, 3.8) is 0 Å². The van der Waals surface area contributed by atoms with Crippen LogP contribution in [-0.2, 0) is 16.1 Å². The number of halogens is 1. The van der Waals surface area contributed by atoms with Crippen molar-refractivity contribution in [1.29, 1.82) is 0 Å². The molecule has 29 heavy (non-hydrogen) atoms. The van der Waals surface area contributed by atoms with E-state index in [0.29, 0.717) is 24.1 Å². The van der Waals surface area contributed by atoms with Crippen LogP contribution in [0.3, 0.4) is 0 Å². The molecule has 0 saturated carbocycles.